The molecule has 0 bridgehead atoms. The minimum atomic E-state index is 0.935. The van der Waals surface area contributed by atoms with Crippen LogP contribution in [0.4, 0.5) is 5.69 Å². The van der Waals surface area contributed by atoms with Gasteiger partial charge in [-0.2, -0.15) is 0 Å². The van der Waals surface area contributed by atoms with Gasteiger partial charge in [0.2, 0.25) is 0 Å². The number of benzene rings is 1. The molecular formula is C15H22N2S. The van der Waals surface area contributed by atoms with Gasteiger partial charge < -0.3 is 10.6 Å². The lowest BCUT2D eigenvalue weighted by molar-refractivity contribution is 0.354. The van der Waals surface area contributed by atoms with Crippen LogP contribution in [0.2, 0.25) is 0 Å². The van der Waals surface area contributed by atoms with Crippen LogP contribution in [0.3, 0.4) is 0 Å². The highest BCUT2D eigenvalue weighted by molar-refractivity contribution is 7.99. The summed E-state index contributed by atoms with van der Waals surface area (Å²) in [5.74, 6) is 2.13. The first-order valence-electron chi connectivity index (χ1n) is 7.12. The van der Waals surface area contributed by atoms with E-state index in [0.29, 0.717) is 0 Å². The van der Waals surface area contributed by atoms with E-state index in [1.165, 1.54) is 60.7 Å². The van der Waals surface area contributed by atoms with Crippen molar-refractivity contribution in [3.63, 3.8) is 0 Å². The summed E-state index contributed by atoms with van der Waals surface area (Å²) in [5, 5.41) is 6.95. The fourth-order valence-electron chi connectivity index (χ4n) is 2.88. The zero-order valence-corrected chi connectivity index (χ0v) is 11.7. The molecule has 2 aliphatic heterocycles. The Labute approximate surface area is 114 Å². The van der Waals surface area contributed by atoms with Gasteiger partial charge in [-0.25, -0.2) is 0 Å². The van der Waals surface area contributed by atoms with Gasteiger partial charge in [-0.1, -0.05) is 6.07 Å². The van der Waals surface area contributed by atoms with Gasteiger partial charge in [0.15, 0.2) is 0 Å². The van der Waals surface area contributed by atoms with Crippen LogP contribution in [0.25, 0.3) is 0 Å². The van der Waals surface area contributed by atoms with Crippen molar-refractivity contribution in [3.8, 4) is 0 Å². The molecule has 0 spiro atoms. The first-order valence-corrected chi connectivity index (χ1v) is 8.11. The SMILES string of the molecule is c1cc2c(cc1CCC1CCNCC1)NCCS2. The second-order valence-electron chi connectivity index (χ2n) is 5.34. The zero-order chi connectivity index (χ0) is 12.2. The molecule has 0 atom stereocenters. The lowest BCUT2D eigenvalue weighted by atomic mass is 9.91. The van der Waals surface area contributed by atoms with E-state index in [4.69, 9.17) is 0 Å². The van der Waals surface area contributed by atoms with Crippen molar-refractivity contribution in [3.05, 3.63) is 23.8 Å². The quantitative estimate of drug-likeness (QED) is 0.875. The number of anilines is 1. The molecule has 0 aromatic heterocycles. The summed E-state index contributed by atoms with van der Waals surface area (Å²) in [6.45, 7) is 3.54. The second kappa shape index (κ2) is 5.98. The molecule has 1 aromatic rings. The van der Waals surface area contributed by atoms with Crippen molar-refractivity contribution in [2.24, 2.45) is 5.92 Å². The molecule has 3 rings (SSSR count). The van der Waals surface area contributed by atoms with Gasteiger partial charge in [0.25, 0.3) is 0 Å². The molecule has 0 amide bonds. The van der Waals surface area contributed by atoms with E-state index in [9.17, 15) is 0 Å². The van der Waals surface area contributed by atoms with Crippen molar-refractivity contribution >= 4 is 17.4 Å². The fourth-order valence-corrected chi connectivity index (χ4v) is 3.76. The maximum atomic E-state index is 3.51. The Hall–Kier alpha value is -0.670. The minimum Gasteiger partial charge on any atom is -0.383 e. The van der Waals surface area contributed by atoms with Crippen molar-refractivity contribution in [1.29, 1.82) is 0 Å². The van der Waals surface area contributed by atoms with Crippen molar-refractivity contribution in [2.75, 3.05) is 30.7 Å². The molecule has 2 nitrogen and oxygen atoms in total. The maximum absolute atomic E-state index is 3.51. The monoisotopic (exact) mass is 262 g/mol. The molecule has 2 heterocycles. The van der Waals surface area contributed by atoms with E-state index >= 15 is 0 Å². The molecule has 0 aliphatic carbocycles. The molecular weight excluding hydrogens is 240 g/mol. The number of nitrogens with one attached hydrogen (secondary N) is 2. The van der Waals surface area contributed by atoms with Crippen LogP contribution in [0.1, 0.15) is 24.8 Å². The van der Waals surface area contributed by atoms with E-state index in [1.807, 2.05) is 11.8 Å². The first kappa shape index (κ1) is 12.4. The summed E-state index contributed by atoms with van der Waals surface area (Å²) in [6, 6.07) is 6.98. The predicted molar refractivity (Wildman–Crippen MR) is 79.6 cm³/mol. The molecule has 0 saturated carbocycles. The summed E-state index contributed by atoms with van der Waals surface area (Å²) < 4.78 is 0. The zero-order valence-electron chi connectivity index (χ0n) is 10.9. The lowest BCUT2D eigenvalue weighted by Gasteiger charge is -2.23. The van der Waals surface area contributed by atoms with Gasteiger partial charge in [-0.05, 0) is 62.4 Å². The molecule has 18 heavy (non-hydrogen) atoms. The van der Waals surface area contributed by atoms with Crippen molar-refractivity contribution < 1.29 is 0 Å². The molecule has 0 radical (unpaired) electrons. The van der Waals surface area contributed by atoms with Gasteiger partial charge in [-0.15, -0.1) is 11.8 Å². The topological polar surface area (TPSA) is 24.1 Å². The Balaban J connectivity index is 1.58. The van der Waals surface area contributed by atoms with Gasteiger partial charge >= 0.3 is 0 Å². The smallest absolute Gasteiger partial charge is 0.0481 e. The highest BCUT2D eigenvalue weighted by atomic mass is 32.2. The fraction of sp³-hybridized carbons (Fsp3) is 0.600. The number of aryl methyl sites for hydroxylation is 1. The Kier molecular flexibility index (Phi) is 4.11. The third-order valence-corrected chi connectivity index (χ3v) is 5.09. The Morgan fingerprint density at radius 2 is 2.06 bits per heavy atom. The van der Waals surface area contributed by atoms with Gasteiger partial charge in [0, 0.05) is 22.9 Å². The number of piperidine rings is 1. The molecule has 2 aliphatic rings. The van der Waals surface area contributed by atoms with Crippen LogP contribution < -0.4 is 10.6 Å². The highest BCUT2D eigenvalue weighted by Gasteiger charge is 2.14. The van der Waals surface area contributed by atoms with Crippen LogP contribution in [0.5, 0.6) is 0 Å². The van der Waals surface area contributed by atoms with Crippen LogP contribution >= 0.6 is 11.8 Å². The molecule has 0 unspecified atom stereocenters. The van der Waals surface area contributed by atoms with E-state index in [-0.39, 0.29) is 0 Å². The third-order valence-electron chi connectivity index (χ3n) is 4.02. The van der Waals surface area contributed by atoms with Gasteiger partial charge in [0.05, 0.1) is 0 Å². The second-order valence-corrected chi connectivity index (χ2v) is 6.47. The summed E-state index contributed by atoms with van der Waals surface area (Å²) in [5.41, 5.74) is 2.86. The Morgan fingerprint density at radius 3 is 2.94 bits per heavy atom. The van der Waals surface area contributed by atoms with Gasteiger partial charge in [0.1, 0.15) is 0 Å². The van der Waals surface area contributed by atoms with Crippen LogP contribution in [0, 0.1) is 5.92 Å². The maximum Gasteiger partial charge on any atom is 0.0481 e. The average Bonchev–Trinajstić information content (AvgIpc) is 2.46. The Morgan fingerprint density at radius 1 is 1.17 bits per heavy atom. The van der Waals surface area contributed by atoms with Crippen LogP contribution in [-0.2, 0) is 6.42 Å². The number of thioether (sulfide) groups is 1. The standard InChI is InChI=1S/C15H22N2S/c1(12-5-7-16-8-6-12)2-13-3-4-15-14(11-13)17-9-10-18-15/h3-4,11-12,16-17H,1-2,5-10H2. The normalized spacial score (nSPS) is 20.2. The molecule has 1 aromatic carbocycles. The van der Waals surface area contributed by atoms with E-state index in [2.05, 4.69) is 28.8 Å². The van der Waals surface area contributed by atoms with Crippen molar-refractivity contribution in [2.45, 2.75) is 30.6 Å². The largest absolute Gasteiger partial charge is 0.383 e. The van der Waals surface area contributed by atoms with Crippen LogP contribution in [0.15, 0.2) is 23.1 Å². The molecule has 1 fully saturated rings. The summed E-state index contributed by atoms with van der Waals surface area (Å²) in [6.07, 6.45) is 5.32. The van der Waals surface area contributed by atoms with Crippen LogP contribution in [-0.4, -0.2) is 25.4 Å². The average molecular weight is 262 g/mol. The van der Waals surface area contributed by atoms with E-state index in [0.717, 1.165) is 12.5 Å². The highest BCUT2D eigenvalue weighted by Crippen LogP contribution is 2.32. The Bertz CT molecular complexity index is 399. The number of hydrogen-bond acceptors (Lipinski definition) is 3. The first-order chi connectivity index (χ1) is 8.92. The summed E-state index contributed by atoms with van der Waals surface area (Å²) in [4.78, 5) is 1.42. The predicted octanol–water partition coefficient (Wildman–Crippen LogP) is 3.14. The molecule has 2 N–H and O–H groups in total. The van der Waals surface area contributed by atoms with Crippen molar-refractivity contribution in [1.82, 2.24) is 5.32 Å². The molecule has 3 heteroatoms. The molecule has 98 valence electrons. The summed E-state index contributed by atoms with van der Waals surface area (Å²) >= 11 is 1.97. The number of rotatable bonds is 3. The van der Waals surface area contributed by atoms with E-state index in [1.54, 1.807) is 0 Å². The summed E-state index contributed by atoms with van der Waals surface area (Å²) in [7, 11) is 0. The number of hydrogen-bond donors (Lipinski definition) is 2. The molecule has 1 saturated heterocycles. The number of fused-ring (bicyclic) bond motifs is 1. The minimum absolute atomic E-state index is 0.935. The lowest BCUT2D eigenvalue weighted by Crippen LogP contribution is -2.27. The third kappa shape index (κ3) is 3.01. The van der Waals surface area contributed by atoms with E-state index < -0.39 is 0 Å². The van der Waals surface area contributed by atoms with Gasteiger partial charge in [-0.3, -0.25) is 0 Å².